The largest absolute Gasteiger partial charge is 0.338 e. The Morgan fingerprint density at radius 2 is 1.93 bits per heavy atom. The van der Waals surface area contributed by atoms with Gasteiger partial charge in [0.25, 0.3) is 0 Å². The number of carbonyl (C=O) groups is 1. The van der Waals surface area contributed by atoms with Crippen molar-refractivity contribution in [2.45, 2.75) is 26.8 Å². The van der Waals surface area contributed by atoms with Crippen molar-refractivity contribution in [1.82, 2.24) is 15.0 Å². The van der Waals surface area contributed by atoms with Crippen molar-refractivity contribution >= 4 is 34.8 Å². The van der Waals surface area contributed by atoms with Crippen LogP contribution < -0.4 is 5.32 Å². The Morgan fingerprint density at radius 1 is 1.17 bits per heavy atom. The highest BCUT2D eigenvalue weighted by atomic mass is 35.5. The first kappa shape index (κ1) is 21.3. The summed E-state index contributed by atoms with van der Waals surface area (Å²) in [6.45, 7) is 5.34. The number of nitrogens with one attached hydrogen (secondary N) is 1. The third-order valence-corrected chi connectivity index (χ3v) is 4.80. The molecule has 8 heteroatoms. The predicted octanol–water partition coefficient (Wildman–Crippen LogP) is 5.20. The number of amides is 1. The molecule has 0 saturated carbocycles. The van der Waals surface area contributed by atoms with Crippen molar-refractivity contribution in [2.24, 2.45) is 0 Å². The van der Waals surface area contributed by atoms with E-state index in [1.54, 1.807) is 18.2 Å². The Morgan fingerprint density at radius 3 is 2.62 bits per heavy atom. The van der Waals surface area contributed by atoms with Gasteiger partial charge in [-0.1, -0.05) is 65.1 Å². The maximum atomic E-state index is 12.5. The number of rotatable bonds is 8. The summed E-state index contributed by atoms with van der Waals surface area (Å²) < 4.78 is 5.39. The van der Waals surface area contributed by atoms with E-state index >= 15 is 0 Å². The lowest BCUT2D eigenvalue weighted by molar-refractivity contribution is -0.117. The standard InChI is InChI=1S/C21H22Cl2N4O2/c1-3-10-27(12-19(28)24-18-9-8-16(22)11-17(18)23)13-20-25-21(26-29-20)15-6-4-14(2)5-7-15/h4-9,11H,3,10,12-13H2,1-2H3,(H,24,28). The van der Waals surface area contributed by atoms with Crippen molar-refractivity contribution in [2.75, 3.05) is 18.4 Å². The fourth-order valence-electron chi connectivity index (χ4n) is 2.84. The summed E-state index contributed by atoms with van der Waals surface area (Å²) in [7, 11) is 0. The lowest BCUT2D eigenvalue weighted by atomic mass is 10.1. The van der Waals surface area contributed by atoms with Gasteiger partial charge >= 0.3 is 0 Å². The van der Waals surface area contributed by atoms with E-state index in [-0.39, 0.29) is 12.5 Å². The van der Waals surface area contributed by atoms with E-state index in [0.29, 0.717) is 40.5 Å². The molecular formula is C21H22Cl2N4O2. The maximum absolute atomic E-state index is 12.5. The first-order chi connectivity index (χ1) is 13.9. The second-order valence-corrected chi connectivity index (χ2v) is 7.60. The van der Waals surface area contributed by atoms with Gasteiger partial charge in [0.2, 0.25) is 17.6 Å². The number of aryl methyl sites for hydroxylation is 1. The summed E-state index contributed by atoms with van der Waals surface area (Å²) in [5.74, 6) is 0.821. The minimum atomic E-state index is -0.180. The molecule has 1 amide bonds. The molecule has 0 unspecified atom stereocenters. The average Bonchev–Trinajstić information content (AvgIpc) is 3.13. The van der Waals surface area contributed by atoms with E-state index in [0.717, 1.165) is 12.0 Å². The molecule has 1 heterocycles. The van der Waals surface area contributed by atoms with Crippen LogP contribution in [0.3, 0.4) is 0 Å². The molecular weight excluding hydrogens is 411 g/mol. The SMILES string of the molecule is CCCN(CC(=O)Nc1ccc(Cl)cc1Cl)Cc1nc(-c2ccc(C)cc2)no1. The minimum absolute atomic E-state index is 0.176. The number of carbonyl (C=O) groups excluding carboxylic acids is 1. The number of anilines is 1. The summed E-state index contributed by atoms with van der Waals surface area (Å²) in [6, 6.07) is 12.9. The number of aromatic nitrogens is 2. The van der Waals surface area contributed by atoms with Gasteiger partial charge < -0.3 is 9.84 Å². The Hall–Kier alpha value is -2.41. The van der Waals surface area contributed by atoms with Crippen LogP contribution in [-0.4, -0.2) is 34.0 Å². The summed E-state index contributed by atoms with van der Waals surface area (Å²) >= 11 is 12.0. The molecule has 0 saturated heterocycles. The number of hydrogen-bond donors (Lipinski definition) is 1. The van der Waals surface area contributed by atoms with E-state index in [1.807, 2.05) is 43.0 Å². The number of benzene rings is 2. The molecule has 1 N–H and O–H groups in total. The van der Waals surface area contributed by atoms with E-state index in [2.05, 4.69) is 15.5 Å². The fourth-order valence-corrected chi connectivity index (χ4v) is 3.30. The van der Waals surface area contributed by atoms with Crippen LogP contribution in [0.1, 0.15) is 24.8 Å². The zero-order valence-corrected chi connectivity index (χ0v) is 17.8. The Labute approximate surface area is 179 Å². The molecule has 0 atom stereocenters. The third kappa shape index (κ3) is 6.03. The van der Waals surface area contributed by atoms with Gasteiger partial charge in [0.15, 0.2) is 0 Å². The van der Waals surface area contributed by atoms with Crippen molar-refractivity contribution in [3.8, 4) is 11.4 Å². The number of halogens is 2. The van der Waals surface area contributed by atoms with Crippen LogP contribution in [0.5, 0.6) is 0 Å². The highest BCUT2D eigenvalue weighted by molar-refractivity contribution is 6.36. The molecule has 0 bridgehead atoms. The van der Waals surface area contributed by atoms with Gasteiger partial charge in [-0.3, -0.25) is 9.69 Å². The van der Waals surface area contributed by atoms with Crippen molar-refractivity contribution < 1.29 is 9.32 Å². The number of hydrogen-bond acceptors (Lipinski definition) is 5. The maximum Gasteiger partial charge on any atom is 0.241 e. The molecule has 6 nitrogen and oxygen atoms in total. The fraction of sp³-hybridized carbons (Fsp3) is 0.286. The molecule has 0 aliphatic heterocycles. The molecule has 29 heavy (non-hydrogen) atoms. The third-order valence-electron chi connectivity index (χ3n) is 4.25. The Kier molecular flexibility index (Phi) is 7.25. The normalized spacial score (nSPS) is 11.1. The van der Waals surface area contributed by atoms with Crippen LogP contribution in [0.2, 0.25) is 10.0 Å². The van der Waals surface area contributed by atoms with Crippen LogP contribution in [0.15, 0.2) is 47.0 Å². The topological polar surface area (TPSA) is 71.3 Å². The van der Waals surface area contributed by atoms with Crippen LogP contribution in [0, 0.1) is 6.92 Å². The lowest BCUT2D eigenvalue weighted by Gasteiger charge is -2.19. The molecule has 3 aromatic rings. The predicted molar refractivity (Wildman–Crippen MR) is 115 cm³/mol. The van der Waals surface area contributed by atoms with E-state index in [9.17, 15) is 4.79 Å². The molecule has 3 rings (SSSR count). The second-order valence-electron chi connectivity index (χ2n) is 6.76. The van der Waals surface area contributed by atoms with Gasteiger partial charge in [0, 0.05) is 10.6 Å². The molecule has 0 aliphatic rings. The van der Waals surface area contributed by atoms with Gasteiger partial charge in [-0.05, 0) is 38.1 Å². The quantitative estimate of drug-likeness (QED) is 0.529. The van der Waals surface area contributed by atoms with Crippen LogP contribution in [0.25, 0.3) is 11.4 Å². The van der Waals surface area contributed by atoms with E-state index < -0.39 is 0 Å². The van der Waals surface area contributed by atoms with Gasteiger partial charge in [-0.15, -0.1) is 0 Å². The lowest BCUT2D eigenvalue weighted by Crippen LogP contribution is -2.33. The van der Waals surface area contributed by atoms with Crippen LogP contribution in [0.4, 0.5) is 5.69 Å². The smallest absolute Gasteiger partial charge is 0.241 e. The monoisotopic (exact) mass is 432 g/mol. The van der Waals surface area contributed by atoms with Crippen molar-refractivity contribution in [1.29, 1.82) is 0 Å². The molecule has 0 radical (unpaired) electrons. The molecule has 0 aliphatic carbocycles. The van der Waals surface area contributed by atoms with Crippen LogP contribution >= 0.6 is 23.2 Å². The molecule has 2 aromatic carbocycles. The first-order valence-electron chi connectivity index (χ1n) is 9.31. The summed E-state index contributed by atoms with van der Waals surface area (Å²) in [4.78, 5) is 18.9. The highest BCUT2D eigenvalue weighted by Gasteiger charge is 2.16. The Bertz CT molecular complexity index is 973. The van der Waals surface area contributed by atoms with Crippen LogP contribution in [-0.2, 0) is 11.3 Å². The number of nitrogens with zero attached hydrogens (tertiary/aromatic N) is 3. The van der Waals surface area contributed by atoms with Gasteiger partial charge in [-0.25, -0.2) is 0 Å². The summed E-state index contributed by atoms with van der Waals surface area (Å²) in [5, 5.41) is 7.77. The second kappa shape index (κ2) is 9.87. The van der Waals surface area contributed by atoms with Crippen molar-refractivity contribution in [3.05, 3.63) is 64.0 Å². The summed E-state index contributed by atoms with van der Waals surface area (Å²) in [6.07, 6.45) is 0.883. The minimum Gasteiger partial charge on any atom is -0.338 e. The average molecular weight is 433 g/mol. The highest BCUT2D eigenvalue weighted by Crippen LogP contribution is 2.25. The molecule has 0 spiro atoms. The first-order valence-corrected chi connectivity index (χ1v) is 10.1. The Balaban J connectivity index is 1.64. The summed E-state index contributed by atoms with van der Waals surface area (Å²) in [5.41, 5.74) is 2.58. The van der Waals surface area contributed by atoms with E-state index in [4.69, 9.17) is 27.7 Å². The molecule has 0 fully saturated rings. The van der Waals surface area contributed by atoms with Gasteiger partial charge in [0.1, 0.15) is 0 Å². The van der Waals surface area contributed by atoms with Crippen molar-refractivity contribution in [3.63, 3.8) is 0 Å². The zero-order chi connectivity index (χ0) is 20.8. The zero-order valence-electron chi connectivity index (χ0n) is 16.3. The molecule has 152 valence electrons. The van der Waals surface area contributed by atoms with Gasteiger partial charge in [0.05, 0.1) is 23.8 Å². The molecule has 1 aromatic heterocycles. The van der Waals surface area contributed by atoms with Gasteiger partial charge in [-0.2, -0.15) is 4.98 Å². The van der Waals surface area contributed by atoms with E-state index in [1.165, 1.54) is 5.56 Å².